The maximum absolute atomic E-state index is 10.5. The molecule has 0 saturated heterocycles. The van der Waals surface area contributed by atoms with Crippen molar-refractivity contribution in [2.45, 2.75) is 32.4 Å². The van der Waals surface area contributed by atoms with E-state index >= 15 is 0 Å². The second-order valence-corrected chi connectivity index (χ2v) is 6.78. The first kappa shape index (κ1) is 15.2. The van der Waals surface area contributed by atoms with Crippen LogP contribution in [-0.4, -0.2) is 22.5 Å². The summed E-state index contributed by atoms with van der Waals surface area (Å²) in [6.07, 6.45) is 1.95. The second kappa shape index (κ2) is 8.19. The largest absolute Gasteiger partial charge is 0.481 e. The Balaban J connectivity index is 1.84. The third-order valence-electron chi connectivity index (χ3n) is 3.03. The van der Waals surface area contributed by atoms with E-state index in [4.69, 9.17) is 5.11 Å². The first-order valence-corrected chi connectivity index (χ1v) is 8.49. The van der Waals surface area contributed by atoms with E-state index in [1.165, 1.54) is 9.75 Å². The lowest BCUT2D eigenvalue weighted by Crippen LogP contribution is -2.23. The van der Waals surface area contributed by atoms with E-state index in [1.54, 1.807) is 22.7 Å². The Bertz CT molecular complexity index is 458. The number of thiophene rings is 2. The number of rotatable bonds is 9. The predicted octanol–water partition coefficient (Wildman–Crippen LogP) is 4.07. The fourth-order valence-corrected chi connectivity index (χ4v) is 3.56. The molecule has 108 valence electrons. The van der Waals surface area contributed by atoms with E-state index in [9.17, 15) is 4.79 Å². The van der Waals surface area contributed by atoms with Gasteiger partial charge in [-0.05, 0) is 42.3 Å². The highest BCUT2D eigenvalue weighted by Gasteiger charge is 2.09. The molecule has 2 rings (SSSR count). The molecule has 3 nitrogen and oxygen atoms in total. The number of hydrogen-bond donors (Lipinski definition) is 1. The number of nitrogens with zero attached hydrogens (tertiary/aromatic N) is 1. The van der Waals surface area contributed by atoms with Crippen LogP contribution in [0.1, 0.15) is 29.0 Å². The lowest BCUT2D eigenvalue weighted by atomic mass is 10.2. The molecule has 5 heteroatoms. The van der Waals surface area contributed by atoms with Gasteiger partial charge in [-0.2, -0.15) is 0 Å². The van der Waals surface area contributed by atoms with Crippen molar-refractivity contribution >= 4 is 28.6 Å². The van der Waals surface area contributed by atoms with E-state index in [1.807, 2.05) is 0 Å². The number of carbonyl (C=O) groups is 1. The second-order valence-electron chi connectivity index (χ2n) is 4.72. The Morgan fingerprint density at radius 3 is 2.10 bits per heavy atom. The van der Waals surface area contributed by atoms with E-state index in [0.29, 0.717) is 0 Å². The topological polar surface area (TPSA) is 40.5 Å². The van der Waals surface area contributed by atoms with Gasteiger partial charge in [0.1, 0.15) is 0 Å². The molecule has 1 N–H and O–H groups in total. The maximum atomic E-state index is 10.5. The van der Waals surface area contributed by atoms with Crippen LogP contribution in [0.4, 0.5) is 0 Å². The molecule has 0 aromatic carbocycles. The lowest BCUT2D eigenvalue weighted by molar-refractivity contribution is -0.137. The van der Waals surface area contributed by atoms with Gasteiger partial charge in [-0.3, -0.25) is 9.69 Å². The molecule has 0 atom stereocenters. The molecule has 2 heterocycles. The van der Waals surface area contributed by atoms with Gasteiger partial charge in [-0.1, -0.05) is 12.1 Å². The van der Waals surface area contributed by atoms with Crippen molar-refractivity contribution < 1.29 is 9.90 Å². The van der Waals surface area contributed by atoms with Crippen LogP contribution in [0, 0.1) is 0 Å². The Morgan fingerprint density at radius 2 is 1.65 bits per heavy atom. The molecule has 0 spiro atoms. The van der Waals surface area contributed by atoms with Crippen LogP contribution in [-0.2, 0) is 17.9 Å². The van der Waals surface area contributed by atoms with Crippen LogP contribution in [0.25, 0.3) is 0 Å². The highest BCUT2D eigenvalue weighted by molar-refractivity contribution is 7.10. The highest BCUT2D eigenvalue weighted by Crippen LogP contribution is 2.17. The van der Waals surface area contributed by atoms with Crippen LogP contribution >= 0.6 is 22.7 Å². The van der Waals surface area contributed by atoms with Crippen LogP contribution < -0.4 is 0 Å². The van der Waals surface area contributed by atoms with Crippen molar-refractivity contribution in [3.8, 4) is 0 Å². The van der Waals surface area contributed by atoms with Crippen molar-refractivity contribution in [3.05, 3.63) is 44.8 Å². The Morgan fingerprint density at radius 1 is 1.05 bits per heavy atom. The van der Waals surface area contributed by atoms with Crippen LogP contribution in [0.2, 0.25) is 0 Å². The van der Waals surface area contributed by atoms with Crippen molar-refractivity contribution in [3.63, 3.8) is 0 Å². The molecular formula is C15H19NO2S2. The van der Waals surface area contributed by atoms with Crippen molar-refractivity contribution in [1.82, 2.24) is 4.90 Å². The lowest BCUT2D eigenvalue weighted by Gasteiger charge is -2.20. The molecule has 0 aliphatic carbocycles. The SMILES string of the molecule is O=C(O)CCCCN(Cc1cccs1)Cc1cccs1. The Kier molecular flexibility index (Phi) is 6.24. The summed E-state index contributed by atoms with van der Waals surface area (Å²) in [5, 5.41) is 12.9. The summed E-state index contributed by atoms with van der Waals surface area (Å²) in [6.45, 7) is 2.84. The number of carboxylic acids is 1. The fourth-order valence-electron chi connectivity index (χ4n) is 2.07. The fraction of sp³-hybridized carbons (Fsp3) is 0.400. The van der Waals surface area contributed by atoms with Crippen molar-refractivity contribution in [2.75, 3.05) is 6.54 Å². The van der Waals surface area contributed by atoms with Crippen LogP contribution in [0.15, 0.2) is 35.0 Å². The van der Waals surface area contributed by atoms with Gasteiger partial charge in [-0.15, -0.1) is 22.7 Å². The molecule has 0 unspecified atom stereocenters. The summed E-state index contributed by atoms with van der Waals surface area (Å²) in [7, 11) is 0. The van der Waals surface area contributed by atoms with E-state index in [-0.39, 0.29) is 6.42 Å². The van der Waals surface area contributed by atoms with E-state index in [0.717, 1.165) is 32.5 Å². The van der Waals surface area contributed by atoms with Gasteiger partial charge in [0, 0.05) is 29.3 Å². The number of carboxylic acid groups (broad SMARTS) is 1. The molecule has 0 radical (unpaired) electrons. The zero-order chi connectivity index (χ0) is 14.2. The summed E-state index contributed by atoms with van der Waals surface area (Å²) >= 11 is 3.55. The number of hydrogen-bond acceptors (Lipinski definition) is 4. The smallest absolute Gasteiger partial charge is 0.303 e. The van der Waals surface area contributed by atoms with Crippen molar-refractivity contribution in [1.29, 1.82) is 0 Å². The summed E-state index contributed by atoms with van der Waals surface area (Å²) in [6, 6.07) is 8.47. The van der Waals surface area contributed by atoms with E-state index in [2.05, 4.69) is 39.9 Å². The molecule has 0 fully saturated rings. The average molecular weight is 309 g/mol. The average Bonchev–Trinajstić information content (AvgIpc) is 3.07. The normalized spacial score (nSPS) is 11.1. The highest BCUT2D eigenvalue weighted by atomic mass is 32.1. The Hall–Kier alpha value is -1.17. The number of aliphatic carboxylic acids is 1. The minimum atomic E-state index is -0.701. The summed E-state index contributed by atoms with van der Waals surface area (Å²) < 4.78 is 0. The molecule has 0 aliphatic heterocycles. The molecule has 0 saturated carbocycles. The summed E-state index contributed by atoms with van der Waals surface area (Å²) in [5.41, 5.74) is 0. The maximum Gasteiger partial charge on any atom is 0.303 e. The van der Waals surface area contributed by atoms with Gasteiger partial charge in [0.15, 0.2) is 0 Å². The molecule has 2 aromatic heterocycles. The first-order chi connectivity index (χ1) is 9.74. The minimum absolute atomic E-state index is 0.270. The van der Waals surface area contributed by atoms with Crippen molar-refractivity contribution in [2.24, 2.45) is 0 Å². The molecule has 0 aliphatic rings. The number of unbranched alkanes of at least 4 members (excludes halogenated alkanes) is 1. The molecular weight excluding hydrogens is 290 g/mol. The third-order valence-corrected chi connectivity index (χ3v) is 4.76. The molecule has 20 heavy (non-hydrogen) atoms. The van der Waals surface area contributed by atoms with Crippen LogP contribution in [0.5, 0.6) is 0 Å². The van der Waals surface area contributed by atoms with Gasteiger partial charge in [0.2, 0.25) is 0 Å². The van der Waals surface area contributed by atoms with Gasteiger partial charge in [-0.25, -0.2) is 0 Å². The van der Waals surface area contributed by atoms with Gasteiger partial charge >= 0.3 is 5.97 Å². The summed E-state index contributed by atoms with van der Waals surface area (Å²) in [5.74, 6) is -0.701. The monoisotopic (exact) mass is 309 g/mol. The zero-order valence-electron chi connectivity index (χ0n) is 11.3. The third kappa shape index (κ3) is 5.45. The zero-order valence-corrected chi connectivity index (χ0v) is 13.0. The van der Waals surface area contributed by atoms with Gasteiger partial charge < -0.3 is 5.11 Å². The minimum Gasteiger partial charge on any atom is -0.481 e. The molecule has 0 amide bonds. The van der Waals surface area contributed by atoms with Crippen LogP contribution in [0.3, 0.4) is 0 Å². The van der Waals surface area contributed by atoms with Gasteiger partial charge in [0.25, 0.3) is 0 Å². The summed E-state index contributed by atoms with van der Waals surface area (Å²) in [4.78, 5) is 15.7. The molecule has 2 aromatic rings. The Labute approximate surface area is 127 Å². The first-order valence-electron chi connectivity index (χ1n) is 6.73. The standard InChI is InChI=1S/C15H19NO2S2/c17-15(18)7-1-2-8-16(11-13-5-3-9-19-13)12-14-6-4-10-20-14/h3-6,9-10H,1-2,7-8,11-12H2,(H,17,18). The molecule has 0 bridgehead atoms. The quantitative estimate of drug-likeness (QED) is 0.710. The predicted molar refractivity (Wildman–Crippen MR) is 84.2 cm³/mol. The van der Waals surface area contributed by atoms with E-state index < -0.39 is 5.97 Å². The van der Waals surface area contributed by atoms with Gasteiger partial charge in [0.05, 0.1) is 0 Å².